The minimum Gasteiger partial charge on any atom is -0.464 e. The van der Waals surface area contributed by atoms with Crippen molar-refractivity contribution in [2.24, 2.45) is 0 Å². The fraction of sp³-hybridized carbons (Fsp3) is 0.130. The third-order valence-corrected chi connectivity index (χ3v) is 4.62. The van der Waals surface area contributed by atoms with Crippen molar-refractivity contribution in [3.63, 3.8) is 0 Å². The van der Waals surface area contributed by atoms with Crippen LogP contribution in [0.5, 0.6) is 0 Å². The second-order valence-electron chi connectivity index (χ2n) is 6.75. The van der Waals surface area contributed by atoms with Gasteiger partial charge in [0.15, 0.2) is 0 Å². The SMILES string of the molecule is Cc1ccc(CN(C)C(=O)c2cc(-c3ccc(F)cc3)nc3ccccc23)o1. The monoisotopic (exact) mass is 374 g/mol. The molecule has 0 saturated heterocycles. The summed E-state index contributed by atoms with van der Waals surface area (Å²) in [5.41, 5.74) is 2.65. The third kappa shape index (κ3) is 3.51. The van der Waals surface area contributed by atoms with Gasteiger partial charge in [0.25, 0.3) is 5.91 Å². The Labute approximate surface area is 162 Å². The predicted octanol–water partition coefficient (Wildman–Crippen LogP) is 5.21. The van der Waals surface area contributed by atoms with Gasteiger partial charge in [-0.2, -0.15) is 0 Å². The highest BCUT2D eigenvalue weighted by atomic mass is 19.1. The van der Waals surface area contributed by atoms with Gasteiger partial charge in [0, 0.05) is 18.0 Å². The summed E-state index contributed by atoms with van der Waals surface area (Å²) in [4.78, 5) is 19.5. The summed E-state index contributed by atoms with van der Waals surface area (Å²) in [7, 11) is 1.74. The zero-order chi connectivity index (χ0) is 19.7. The van der Waals surface area contributed by atoms with Crippen molar-refractivity contribution in [3.8, 4) is 11.3 Å². The van der Waals surface area contributed by atoms with Crippen LogP contribution in [0, 0.1) is 12.7 Å². The molecule has 0 spiro atoms. The molecule has 2 aromatic heterocycles. The summed E-state index contributed by atoms with van der Waals surface area (Å²) in [5, 5.41) is 0.779. The van der Waals surface area contributed by atoms with Gasteiger partial charge >= 0.3 is 0 Å². The molecular formula is C23H19FN2O2. The Morgan fingerprint density at radius 1 is 1.07 bits per heavy atom. The molecule has 140 valence electrons. The topological polar surface area (TPSA) is 46.3 Å². The fourth-order valence-corrected chi connectivity index (χ4v) is 3.20. The number of furan rings is 1. The van der Waals surface area contributed by atoms with Crippen LogP contribution < -0.4 is 0 Å². The van der Waals surface area contributed by atoms with Gasteiger partial charge in [-0.25, -0.2) is 9.37 Å². The smallest absolute Gasteiger partial charge is 0.254 e. The average Bonchev–Trinajstić information content (AvgIpc) is 3.11. The number of aromatic nitrogens is 1. The molecule has 0 bridgehead atoms. The predicted molar refractivity (Wildman–Crippen MR) is 106 cm³/mol. The molecule has 4 rings (SSSR count). The van der Waals surface area contributed by atoms with Crippen LogP contribution in [-0.2, 0) is 6.54 Å². The first-order valence-corrected chi connectivity index (χ1v) is 8.98. The number of pyridine rings is 1. The van der Waals surface area contributed by atoms with Crippen molar-refractivity contribution in [2.75, 3.05) is 7.05 Å². The van der Waals surface area contributed by atoms with Gasteiger partial charge in [-0.1, -0.05) is 18.2 Å². The van der Waals surface area contributed by atoms with Crippen LogP contribution in [0.25, 0.3) is 22.2 Å². The van der Waals surface area contributed by atoms with E-state index in [1.165, 1.54) is 12.1 Å². The highest BCUT2D eigenvalue weighted by Crippen LogP contribution is 2.26. The van der Waals surface area contributed by atoms with Gasteiger partial charge in [0.1, 0.15) is 17.3 Å². The molecule has 5 heteroatoms. The van der Waals surface area contributed by atoms with E-state index in [-0.39, 0.29) is 11.7 Å². The molecule has 2 heterocycles. The summed E-state index contributed by atoms with van der Waals surface area (Å²) in [6, 6.07) is 19.1. The van der Waals surface area contributed by atoms with Crippen molar-refractivity contribution in [1.82, 2.24) is 9.88 Å². The molecule has 4 nitrogen and oxygen atoms in total. The second kappa shape index (κ2) is 7.27. The molecular weight excluding hydrogens is 355 g/mol. The largest absolute Gasteiger partial charge is 0.464 e. The van der Waals surface area contributed by atoms with E-state index in [1.807, 2.05) is 43.3 Å². The molecule has 4 aromatic rings. The van der Waals surface area contributed by atoms with Crippen LogP contribution >= 0.6 is 0 Å². The lowest BCUT2D eigenvalue weighted by Gasteiger charge is -2.18. The Hall–Kier alpha value is -3.47. The molecule has 2 aromatic carbocycles. The molecule has 0 radical (unpaired) electrons. The van der Waals surface area contributed by atoms with E-state index in [0.717, 1.165) is 28.0 Å². The molecule has 0 atom stereocenters. The van der Waals surface area contributed by atoms with Crippen molar-refractivity contribution in [2.45, 2.75) is 13.5 Å². The Bertz CT molecular complexity index is 1150. The van der Waals surface area contributed by atoms with Gasteiger partial charge in [-0.05, 0) is 55.5 Å². The van der Waals surface area contributed by atoms with E-state index in [1.54, 1.807) is 30.1 Å². The van der Waals surface area contributed by atoms with Gasteiger partial charge < -0.3 is 9.32 Å². The molecule has 0 aliphatic rings. The van der Waals surface area contributed by atoms with Gasteiger partial charge in [-0.3, -0.25) is 4.79 Å². The number of fused-ring (bicyclic) bond motifs is 1. The summed E-state index contributed by atoms with van der Waals surface area (Å²) < 4.78 is 18.9. The Morgan fingerprint density at radius 2 is 1.82 bits per heavy atom. The highest BCUT2D eigenvalue weighted by molar-refractivity contribution is 6.07. The lowest BCUT2D eigenvalue weighted by molar-refractivity contribution is 0.0777. The molecule has 0 N–H and O–H groups in total. The van der Waals surface area contributed by atoms with Crippen molar-refractivity contribution >= 4 is 16.8 Å². The minimum atomic E-state index is -0.311. The van der Waals surface area contributed by atoms with E-state index in [4.69, 9.17) is 4.42 Å². The van der Waals surface area contributed by atoms with Crippen LogP contribution in [0.15, 0.2) is 71.1 Å². The molecule has 0 saturated carbocycles. The number of carbonyl (C=O) groups is 1. The Morgan fingerprint density at radius 3 is 2.54 bits per heavy atom. The van der Waals surface area contributed by atoms with E-state index < -0.39 is 0 Å². The number of para-hydroxylation sites is 1. The summed E-state index contributed by atoms with van der Waals surface area (Å²) in [6.07, 6.45) is 0. The van der Waals surface area contributed by atoms with E-state index in [2.05, 4.69) is 4.98 Å². The maximum absolute atomic E-state index is 13.3. The Kier molecular flexibility index (Phi) is 4.65. The molecule has 1 amide bonds. The summed E-state index contributed by atoms with van der Waals surface area (Å²) in [5.74, 6) is 1.10. The first-order valence-electron chi connectivity index (χ1n) is 8.98. The van der Waals surface area contributed by atoms with E-state index >= 15 is 0 Å². The Balaban J connectivity index is 1.76. The standard InChI is InChI=1S/C23H19FN2O2/c1-15-7-12-18(28-15)14-26(2)23(27)20-13-22(16-8-10-17(24)11-9-16)25-21-6-4-3-5-19(20)21/h3-13H,14H2,1-2H3. The van der Waals surface area contributed by atoms with Gasteiger partial charge in [-0.15, -0.1) is 0 Å². The van der Waals surface area contributed by atoms with Crippen LogP contribution in [-0.4, -0.2) is 22.8 Å². The minimum absolute atomic E-state index is 0.129. The number of nitrogens with zero attached hydrogens (tertiary/aromatic N) is 2. The third-order valence-electron chi connectivity index (χ3n) is 4.62. The second-order valence-corrected chi connectivity index (χ2v) is 6.75. The molecule has 0 aliphatic heterocycles. The average molecular weight is 374 g/mol. The number of carbonyl (C=O) groups excluding carboxylic acids is 1. The van der Waals surface area contributed by atoms with Crippen molar-refractivity contribution in [3.05, 3.63) is 89.6 Å². The summed E-state index contributed by atoms with van der Waals surface area (Å²) >= 11 is 0. The fourth-order valence-electron chi connectivity index (χ4n) is 3.20. The highest BCUT2D eigenvalue weighted by Gasteiger charge is 2.18. The molecule has 0 aliphatic carbocycles. The number of amides is 1. The number of aryl methyl sites for hydroxylation is 1. The summed E-state index contributed by atoms with van der Waals surface area (Å²) in [6.45, 7) is 2.24. The number of benzene rings is 2. The van der Waals surface area contributed by atoms with E-state index in [9.17, 15) is 9.18 Å². The van der Waals surface area contributed by atoms with E-state index in [0.29, 0.717) is 17.8 Å². The maximum Gasteiger partial charge on any atom is 0.254 e. The van der Waals surface area contributed by atoms with Crippen molar-refractivity contribution < 1.29 is 13.6 Å². The van der Waals surface area contributed by atoms with Crippen LogP contribution in [0.2, 0.25) is 0 Å². The van der Waals surface area contributed by atoms with Gasteiger partial charge in [0.05, 0.1) is 23.3 Å². The molecule has 28 heavy (non-hydrogen) atoms. The normalized spacial score (nSPS) is 11.0. The maximum atomic E-state index is 13.3. The molecule has 0 fully saturated rings. The number of hydrogen-bond acceptors (Lipinski definition) is 3. The zero-order valence-electron chi connectivity index (χ0n) is 15.6. The van der Waals surface area contributed by atoms with Crippen molar-refractivity contribution in [1.29, 1.82) is 0 Å². The number of hydrogen-bond donors (Lipinski definition) is 0. The van der Waals surface area contributed by atoms with Gasteiger partial charge in [0.2, 0.25) is 0 Å². The first-order chi connectivity index (χ1) is 13.5. The zero-order valence-corrected chi connectivity index (χ0v) is 15.6. The van der Waals surface area contributed by atoms with Crippen LogP contribution in [0.1, 0.15) is 21.9 Å². The molecule has 0 unspecified atom stereocenters. The number of rotatable bonds is 4. The number of halogens is 1. The van der Waals surface area contributed by atoms with Crippen LogP contribution in [0.3, 0.4) is 0 Å². The lowest BCUT2D eigenvalue weighted by atomic mass is 10.0. The quantitative estimate of drug-likeness (QED) is 0.492. The van der Waals surface area contributed by atoms with Crippen LogP contribution in [0.4, 0.5) is 4.39 Å². The first kappa shape index (κ1) is 17.9. The lowest BCUT2D eigenvalue weighted by Crippen LogP contribution is -2.26.